The molecule has 26 heavy (non-hydrogen) atoms. The Balaban J connectivity index is 2.07. The molecule has 2 heterocycles. The van der Waals surface area contributed by atoms with Crippen molar-refractivity contribution in [3.8, 4) is 0 Å². The molecule has 1 unspecified atom stereocenters. The molecule has 134 valence electrons. The molecule has 1 N–H and O–H groups in total. The summed E-state index contributed by atoms with van der Waals surface area (Å²) in [6.45, 7) is 2.20. The fraction of sp³-hybridized carbons (Fsp3) is 0.235. The topological polar surface area (TPSA) is 92.3 Å². The average molecular weight is 377 g/mol. The van der Waals surface area contributed by atoms with Crippen LogP contribution in [-0.2, 0) is 4.79 Å². The van der Waals surface area contributed by atoms with Crippen molar-refractivity contribution >= 4 is 35.0 Å². The second-order valence-corrected chi connectivity index (χ2v) is 6.03. The van der Waals surface area contributed by atoms with E-state index in [0.717, 1.165) is 11.0 Å². The van der Waals surface area contributed by atoms with Gasteiger partial charge in [0.2, 0.25) is 0 Å². The van der Waals surface area contributed by atoms with Crippen LogP contribution in [0, 0.1) is 5.82 Å². The van der Waals surface area contributed by atoms with Gasteiger partial charge in [0.1, 0.15) is 17.4 Å². The Bertz CT molecular complexity index is 891. The van der Waals surface area contributed by atoms with Gasteiger partial charge in [-0.25, -0.2) is 19.1 Å². The van der Waals surface area contributed by atoms with Gasteiger partial charge in [-0.3, -0.25) is 14.6 Å². The first-order valence-corrected chi connectivity index (χ1v) is 8.24. The highest BCUT2D eigenvalue weighted by Gasteiger charge is 2.46. The van der Waals surface area contributed by atoms with Gasteiger partial charge in [0.05, 0.1) is 16.9 Å². The molecule has 1 aliphatic heterocycles. The minimum absolute atomic E-state index is 0.0528. The van der Waals surface area contributed by atoms with E-state index in [1.54, 1.807) is 0 Å². The first kappa shape index (κ1) is 17.9. The van der Waals surface area contributed by atoms with Crippen molar-refractivity contribution in [1.82, 2.24) is 15.3 Å². The highest BCUT2D eigenvalue weighted by atomic mass is 35.5. The molecule has 0 bridgehead atoms. The number of urea groups is 1. The van der Waals surface area contributed by atoms with Crippen LogP contribution < -0.4 is 10.2 Å². The number of rotatable bonds is 4. The van der Waals surface area contributed by atoms with Crippen molar-refractivity contribution in [2.45, 2.75) is 19.3 Å². The number of aromatic nitrogens is 2. The molecule has 0 radical (unpaired) electrons. The summed E-state index contributed by atoms with van der Waals surface area (Å²) in [5.74, 6) is -3.63. The highest BCUT2D eigenvalue weighted by Crippen LogP contribution is 2.41. The molecule has 1 atom stereocenters. The van der Waals surface area contributed by atoms with Crippen molar-refractivity contribution in [1.29, 1.82) is 0 Å². The molecule has 0 aliphatic carbocycles. The number of carbonyl (C=O) groups is 3. The minimum Gasteiger partial charge on any atom is -0.337 e. The van der Waals surface area contributed by atoms with Crippen molar-refractivity contribution in [3.05, 3.63) is 52.8 Å². The average Bonchev–Trinajstić information content (AvgIpc) is 2.91. The number of hydrogen-bond acceptors (Lipinski definition) is 5. The lowest BCUT2D eigenvalue weighted by Gasteiger charge is -2.16. The van der Waals surface area contributed by atoms with Gasteiger partial charge < -0.3 is 5.32 Å². The molecule has 1 aliphatic rings. The van der Waals surface area contributed by atoms with Gasteiger partial charge in [-0.05, 0) is 24.1 Å². The lowest BCUT2D eigenvalue weighted by Crippen LogP contribution is -2.43. The lowest BCUT2D eigenvalue weighted by atomic mass is 9.94. The SMILES string of the molecule is CCCNC(=O)N1C(=O)C(C(=O)c2cnccn2)c2cc(F)c(Cl)cc21. The predicted molar refractivity (Wildman–Crippen MR) is 91.7 cm³/mol. The van der Waals surface area contributed by atoms with Crippen LogP contribution in [0.15, 0.2) is 30.7 Å². The van der Waals surface area contributed by atoms with Crippen molar-refractivity contribution in [3.63, 3.8) is 0 Å². The van der Waals surface area contributed by atoms with Gasteiger partial charge in [0.25, 0.3) is 5.91 Å². The van der Waals surface area contributed by atoms with Crippen LogP contribution in [0.25, 0.3) is 0 Å². The summed E-state index contributed by atoms with van der Waals surface area (Å²) in [5.41, 5.74) is 0.0967. The molecule has 9 heteroatoms. The fourth-order valence-corrected chi connectivity index (χ4v) is 2.86. The van der Waals surface area contributed by atoms with E-state index >= 15 is 0 Å². The Morgan fingerprint density at radius 2 is 2.12 bits per heavy atom. The summed E-state index contributed by atoms with van der Waals surface area (Å²) in [6, 6.07) is 1.47. The van der Waals surface area contributed by atoms with E-state index in [-0.39, 0.29) is 22.0 Å². The summed E-state index contributed by atoms with van der Waals surface area (Å²) >= 11 is 5.81. The zero-order valence-electron chi connectivity index (χ0n) is 13.7. The van der Waals surface area contributed by atoms with Gasteiger partial charge in [-0.1, -0.05) is 18.5 Å². The molecular weight excluding hydrogens is 363 g/mol. The van der Waals surface area contributed by atoms with Gasteiger partial charge >= 0.3 is 6.03 Å². The van der Waals surface area contributed by atoms with Crippen LogP contribution in [0.5, 0.6) is 0 Å². The van der Waals surface area contributed by atoms with E-state index < -0.39 is 29.5 Å². The van der Waals surface area contributed by atoms with E-state index in [1.807, 2.05) is 6.92 Å². The van der Waals surface area contributed by atoms with Crippen LogP contribution in [0.2, 0.25) is 5.02 Å². The zero-order valence-corrected chi connectivity index (χ0v) is 14.5. The number of carbonyl (C=O) groups excluding carboxylic acids is 3. The van der Waals surface area contributed by atoms with E-state index in [4.69, 9.17) is 11.6 Å². The first-order chi connectivity index (χ1) is 12.5. The Morgan fingerprint density at radius 1 is 1.35 bits per heavy atom. The minimum atomic E-state index is -1.39. The Labute approximate surface area is 153 Å². The smallest absolute Gasteiger partial charge is 0.328 e. The molecule has 0 saturated heterocycles. The number of amides is 3. The highest BCUT2D eigenvalue weighted by molar-refractivity contribution is 6.33. The number of halogens is 2. The van der Waals surface area contributed by atoms with Crippen LogP contribution in [0.3, 0.4) is 0 Å². The number of ketones is 1. The third-order valence-corrected chi connectivity index (χ3v) is 4.19. The number of hydrogen-bond donors (Lipinski definition) is 1. The van der Waals surface area contributed by atoms with Crippen molar-refractivity contribution in [2.75, 3.05) is 11.4 Å². The second kappa shape index (κ2) is 7.17. The molecule has 3 amide bonds. The van der Waals surface area contributed by atoms with E-state index in [0.29, 0.717) is 13.0 Å². The molecule has 1 aromatic carbocycles. The summed E-state index contributed by atoms with van der Waals surface area (Å²) in [7, 11) is 0. The molecule has 2 aromatic rings. The maximum absolute atomic E-state index is 14.0. The normalized spacial score (nSPS) is 15.7. The number of fused-ring (bicyclic) bond motifs is 1. The van der Waals surface area contributed by atoms with Crippen molar-refractivity contribution < 1.29 is 18.8 Å². The number of Topliss-reactive ketones (excluding diaryl/α,β-unsaturated/α-hetero) is 1. The molecule has 0 spiro atoms. The van der Waals surface area contributed by atoms with Crippen LogP contribution in [-0.4, -0.2) is 34.2 Å². The quantitative estimate of drug-likeness (QED) is 0.654. The van der Waals surface area contributed by atoms with Gasteiger partial charge in [0, 0.05) is 18.9 Å². The van der Waals surface area contributed by atoms with E-state index in [9.17, 15) is 18.8 Å². The Kier molecular flexibility index (Phi) is 4.94. The molecule has 3 rings (SSSR count). The number of nitrogens with one attached hydrogen (secondary N) is 1. The molecule has 7 nitrogen and oxygen atoms in total. The van der Waals surface area contributed by atoms with Crippen LogP contribution in [0.1, 0.15) is 35.3 Å². The number of imide groups is 1. The monoisotopic (exact) mass is 376 g/mol. The maximum atomic E-state index is 14.0. The molecular formula is C17H14ClFN4O3. The first-order valence-electron chi connectivity index (χ1n) is 7.86. The van der Waals surface area contributed by atoms with E-state index in [2.05, 4.69) is 15.3 Å². The number of anilines is 1. The maximum Gasteiger partial charge on any atom is 0.328 e. The van der Waals surface area contributed by atoms with Crippen LogP contribution in [0.4, 0.5) is 14.9 Å². The summed E-state index contributed by atoms with van der Waals surface area (Å²) in [6.07, 6.45) is 4.56. The molecule has 0 fully saturated rings. The van der Waals surface area contributed by atoms with Gasteiger partial charge in [-0.2, -0.15) is 0 Å². The summed E-state index contributed by atoms with van der Waals surface area (Å²) in [5, 5.41) is 2.32. The number of benzene rings is 1. The summed E-state index contributed by atoms with van der Waals surface area (Å²) < 4.78 is 14.0. The summed E-state index contributed by atoms with van der Waals surface area (Å²) in [4.78, 5) is 46.5. The number of nitrogens with zero attached hydrogens (tertiary/aromatic N) is 3. The van der Waals surface area contributed by atoms with Crippen LogP contribution >= 0.6 is 11.6 Å². The fourth-order valence-electron chi connectivity index (χ4n) is 2.71. The van der Waals surface area contributed by atoms with E-state index in [1.165, 1.54) is 24.7 Å². The largest absolute Gasteiger partial charge is 0.337 e. The predicted octanol–water partition coefficient (Wildman–Crippen LogP) is 2.70. The lowest BCUT2D eigenvalue weighted by molar-refractivity contribution is -0.117. The second-order valence-electron chi connectivity index (χ2n) is 5.62. The van der Waals surface area contributed by atoms with Gasteiger partial charge in [0.15, 0.2) is 5.78 Å². The molecule has 1 aromatic heterocycles. The zero-order chi connectivity index (χ0) is 18.8. The molecule has 0 saturated carbocycles. The van der Waals surface area contributed by atoms with Gasteiger partial charge in [-0.15, -0.1) is 0 Å². The Hall–Kier alpha value is -2.87. The van der Waals surface area contributed by atoms with Crippen molar-refractivity contribution in [2.24, 2.45) is 0 Å². The Morgan fingerprint density at radius 3 is 2.77 bits per heavy atom. The standard InChI is InChI=1S/C17H14ClFN4O3/c1-2-3-22-17(26)23-13-7-10(18)11(19)6-9(13)14(16(23)25)15(24)12-8-20-4-5-21-12/h4-8,14H,2-3H2,1H3,(H,22,26). The third kappa shape index (κ3) is 3.03. The third-order valence-electron chi connectivity index (χ3n) is 3.90.